The summed E-state index contributed by atoms with van der Waals surface area (Å²) < 4.78 is 2.30. The van der Waals surface area contributed by atoms with Crippen molar-refractivity contribution in [3.63, 3.8) is 0 Å². The van der Waals surface area contributed by atoms with Crippen LogP contribution in [0.5, 0.6) is 0 Å². The molecule has 3 rings (SSSR count). The van der Waals surface area contributed by atoms with E-state index in [1.54, 1.807) is 4.68 Å². The maximum absolute atomic E-state index is 11.1. The first kappa shape index (κ1) is 14.7. The normalized spacial score (nSPS) is 23.4. The van der Waals surface area contributed by atoms with E-state index in [1.807, 2.05) is 25.2 Å². The molecule has 0 amide bonds. The van der Waals surface area contributed by atoms with E-state index in [9.17, 15) is 5.11 Å². The maximum atomic E-state index is 11.1. The molecule has 1 saturated heterocycles. The van der Waals surface area contributed by atoms with Gasteiger partial charge in [0.15, 0.2) is 4.60 Å². The van der Waals surface area contributed by atoms with Gasteiger partial charge in [-0.2, -0.15) is 0 Å². The van der Waals surface area contributed by atoms with Crippen LogP contribution >= 0.6 is 15.9 Å². The Bertz CT molecular complexity index is 596. The topological polar surface area (TPSA) is 54.2 Å². The molecule has 1 N–H and O–H groups in total. The number of halogens is 1. The second-order valence-electron chi connectivity index (χ2n) is 5.68. The third-order valence-electron chi connectivity index (χ3n) is 4.03. The third-order valence-corrected chi connectivity index (χ3v) is 4.56. The first-order chi connectivity index (χ1) is 10.1. The van der Waals surface area contributed by atoms with Crippen molar-refractivity contribution in [1.29, 1.82) is 0 Å². The van der Waals surface area contributed by atoms with E-state index in [0.29, 0.717) is 11.1 Å². The van der Waals surface area contributed by atoms with Crippen molar-refractivity contribution in [3.05, 3.63) is 46.2 Å². The highest BCUT2D eigenvalue weighted by molar-refractivity contribution is 9.10. The number of hydrogen-bond acceptors (Lipinski definition) is 4. The van der Waals surface area contributed by atoms with Gasteiger partial charge in [-0.05, 0) is 40.9 Å². The Morgan fingerprint density at radius 2 is 2.10 bits per heavy atom. The molecule has 1 aromatic heterocycles. The molecule has 1 aliphatic heterocycles. The molecule has 1 fully saturated rings. The van der Waals surface area contributed by atoms with Gasteiger partial charge < -0.3 is 5.11 Å². The third kappa shape index (κ3) is 3.02. The summed E-state index contributed by atoms with van der Waals surface area (Å²) in [4.78, 5) is 2.29. The summed E-state index contributed by atoms with van der Waals surface area (Å²) in [6.45, 7) is 2.45. The number of benzene rings is 1. The summed E-state index contributed by atoms with van der Waals surface area (Å²) in [7, 11) is 1.82. The molecule has 1 aliphatic rings. The summed E-state index contributed by atoms with van der Waals surface area (Å²) in [5, 5.41) is 19.1. The zero-order chi connectivity index (χ0) is 14.9. The summed E-state index contributed by atoms with van der Waals surface area (Å²) in [5.41, 5.74) is 1.13. The van der Waals surface area contributed by atoms with E-state index in [2.05, 4.69) is 43.3 Å². The average Bonchev–Trinajstić information content (AvgIpc) is 2.80. The predicted molar refractivity (Wildman–Crippen MR) is 83.6 cm³/mol. The van der Waals surface area contributed by atoms with Crippen LogP contribution in [0.3, 0.4) is 0 Å². The van der Waals surface area contributed by atoms with Crippen LogP contribution < -0.4 is 0 Å². The molecule has 6 heteroatoms. The van der Waals surface area contributed by atoms with Gasteiger partial charge in [-0.15, -0.1) is 5.10 Å². The molecule has 21 heavy (non-hydrogen) atoms. The van der Waals surface area contributed by atoms with Gasteiger partial charge in [0.2, 0.25) is 0 Å². The minimum Gasteiger partial charge on any atom is -0.382 e. The van der Waals surface area contributed by atoms with Gasteiger partial charge in [0.1, 0.15) is 11.3 Å². The molecular formula is C15H19BrN4O. The monoisotopic (exact) mass is 350 g/mol. The van der Waals surface area contributed by atoms with E-state index in [1.165, 1.54) is 5.56 Å². The molecule has 2 aromatic rings. The van der Waals surface area contributed by atoms with Gasteiger partial charge in [0, 0.05) is 20.1 Å². The largest absolute Gasteiger partial charge is 0.382 e. The smallest absolute Gasteiger partial charge is 0.154 e. The molecule has 1 aromatic carbocycles. The predicted octanol–water partition coefficient (Wildman–Crippen LogP) is 2.06. The highest BCUT2D eigenvalue weighted by Crippen LogP contribution is 2.34. The number of hydrogen-bond donors (Lipinski definition) is 1. The molecule has 0 bridgehead atoms. The van der Waals surface area contributed by atoms with Crippen LogP contribution in [-0.2, 0) is 19.2 Å². The quantitative estimate of drug-likeness (QED) is 0.920. The van der Waals surface area contributed by atoms with E-state index in [0.717, 1.165) is 31.6 Å². The minimum absolute atomic E-state index is 0.599. The molecule has 5 nitrogen and oxygen atoms in total. The number of aryl methyl sites for hydroxylation is 1. The minimum atomic E-state index is -0.899. The van der Waals surface area contributed by atoms with E-state index >= 15 is 0 Å². The van der Waals surface area contributed by atoms with Crippen molar-refractivity contribution in [1.82, 2.24) is 19.9 Å². The number of likely N-dealkylation sites (tertiary alicyclic amines) is 1. The number of nitrogens with zero attached hydrogens (tertiary/aromatic N) is 4. The van der Waals surface area contributed by atoms with Crippen LogP contribution in [0.2, 0.25) is 0 Å². The van der Waals surface area contributed by atoms with Gasteiger partial charge in [0.25, 0.3) is 0 Å². The van der Waals surface area contributed by atoms with E-state index in [-0.39, 0.29) is 0 Å². The SMILES string of the molecule is Cn1nnc(Br)c1C1(O)CCCN(Cc2ccccc2)C1. The van der Waals surface area contributed by atoms with Crippen LogP contribution in [0.25, 0.3) is 0 Å². The van der Waals surface area contributed by atoms with E-state index in [4.69, 9.17) is 0 Å². The Morgan fingerprint density at radius 1 is 1.33 bits per heavy atom. The summed E-state index contributed by atoms with van der Waals surface area (Å²) in [6.07, 6.45) is 1.69. The summed E-state index contributed by atoms with van der Waals surface area (Å²) >= 11 is 3.40. The van der Waals surface area contributed by atoms with Crippen LogP contribution in [0, 0.1) is 0 Å². The average molecular weight is 351 g/mol. The van der Waals surface area contributed by atoms with Crippen molar-refractivity contribution in [3.8, 4) is 0 Å². The van der Waals surface area contributed by atoms with Crippen molar-refractivity contribution in [2.24, 2.45) is 7.05 Å². The van der Waals surface area contributed by atoms with Gasteiger partial charge in [-0.25, -0.2) is 4.68 Å². The van der Waals surface area contributed by atoms with Gasteiger partial charge >= 0.3 is 0 Å². The number of aliphatic hydroxyl groups is 1. The molecular weight excluding hydrogens is 332 g/mol. The molecule has 0 radical (unpaired) electrons. The van der Waals surface area contributed by atoms with Gasteiger partial charge in [-0.1, -0.05) is 35.5 Å². The first-order valence-corrected chi connectivity index (χ1v) is 7.92. The Balaban J connectivity index is 1.79. The number of piperidine rings is 1. The standard InChI is InChI=1S/C15H19BrN4O/c1-19-13(14(16)17-18-19)15(21)8-5-9-20(11-15)10-12-6-3-2-4-7-12/h2-4,6-7,21H,5,8-11H2,1H3. The lowest BCUT2D eigenvalue weighted by atomic mass is 9.89. The van der Waals surface area contributed by atoms with E-state index < -0.39 is 5.60 Å². The fraction of sp³-hybridized carbons (Fsp3) is 0.467. The van der Waals surface area contributed by atoms with Crippen LogP contribution in [0.4, 0.5) is 0 Å². The molecule has 0 saturated carbocycles. The molecule has 112 valence electrons. The van der Waals surface area contributed by atoms with Crippen LogP contribution in [-0.4, -0.2) is 38.1 Å². The second kappa shape index (κ2) is 5.87. The second-order valence-corrected chi connectivity index (χ2v) is 6.43. The molecule has 1 atom stereocenters. The molecule has 0 aliphatic carbocycles. The van der Waals surface area contributed by atoms with Crippen molar-refractivity contribution >= 4 is 15.9 Å². The number of rotatable bonds is 3. The fourth-order valence-electron chi connectivity index (χ4n) is 3.12. The highest BCUT2D eigenvalue weighted by Gasteiger charge is 2.39. The van der Waals surface area contributed by atoms with Gasteiger partial charge in [0.05, 0.1) is 0 Å². The Morgan fingerprint density at radius 3 is 2.76 bits per heavy atom. The Hall–Kier alpha value is -1.24. The zero-order valence-electron chi connectivity index (χ0n) is 12.0. The van der Waals surface area contributed by atoms with Crippen LogP contribution in [0.1, 0.15) is 24.1 Å². The molecule has 2 heterocycles. The van der Waals surface area contributed by atoms with Crippen molar-refractivity contribution in [2.45, 2.75) is 25.0 Å². The maximum Gasteiger partial charge on any atom is 0.154 e. The zero-order valence-corrected chi connectivity index (χ0v) is 13.6. The molecule has 0 spiro atoms. The summed E-state index contributed by atoms with van der Waals surface area (Å²) in [5.74, 6) is 0. The Labute approximate surface area is 132 Å². The lowest BCUT2D eigenvalue weighted by Crippen LogP contribution is -2.46. The van der Waals surface area contributed by atoms with Crippen LogP contribution in [0.15, 0.2) is 34.9 Å². The lowest BCUT2D eigenvalue weighted by molar-refractivity contribution is -0.0444. The van der Waals surface area contributed by atoms with Gasteiger partial charge in [-0.3, -0.25) is 4.90 Å². The van der Waals surface area contributed by atoms with Crippen molar-refractivity contribution < 1.29 is 5.11 Å². The summed E-state index contributed by atoms with van der Waals surface area (Å²) in [6, 6.07) is 10.4. The number of β-amino-alcohol motifs (C(OH)–C–C–N with tert-alkyl or cyclic N) is 1. The number of aromatic nitrogens is 3. The first-order valence-electron chi connectivity index (χ1n) is 7.13. The fourth-order valence-corrected chi connectivity index (χ4v) is 3.81. The van der Waals surface area contributed by atoms with Crippen molar-refractivity contribution in [2.75, 3.05) is 13.1 Å². The Kier molecular flexibility index (Phi) is 4.10. The lowest BCUT2D eigenvalue weighted by Gasteiger charge is -2.39. The molecule has 1 unspecified atom stereocenters. The highest BCUT2D eigenvalue weighted by atomic mass is 79.9.